The van der Waals surface area contributed by atoms with Crippen LogP contribution < -0.4 is 20.7 Å². The van der Waals surface area contributed by atoms with Gasteiger partial charge >= 0.3 is 6.03 Å². The third-order valence-electron chi connectivity index (χ3n) is 12.4. The Hall–Kier alpha value is -5.52. The van der Waals surface area contributed by atoms with E-state index in [1.54, 1.807) is 0 Å². The van der Waals surface area contributed by atoms with Gasteiger partial charge in [0.15, 0.2) is 6.29 Å². The van der Waals surface area contributed by atoms with Crippen LogP contribution in [-0.2, 0) is 27.4 Å². The first-order chi connectivity index (χ1) is 30.1. The van der Waals surface area contributed by atoms with Gasteiger partial charge in [0, 0.05) is 42.3 Å². The number of nitrogens with zero attached hydrogens (tertiary/aromatic N) is 1. The van der Waals surface area contributed by atoms with Crippen molar-refractivity contribution < 1.29 is 28.9 Å². The zero-order valence-corrected chi connectivity index (χ0v) is 36.1. The Balaban J connectivity index is 0.965. The number of likely N-dealkylation sites (tertiary alicyclic amines) is 1. The minimum atomic E-state index is -0.626. The van der Waals surface area contributed by atoms with E-state index < -0.39 is 6.29 Å². The van der Waals surface area contributed by atoms with Gasteiger partial charge in [0.2, 0.25) is 5.91 Å². The third kappa shape index (κ3) is 10.9. The number of ether oxygens (including phenoxy) is 3. The van der Waals surface area contributed by atoms with E-state index in [0.717, 1.165) is 58.4 Å². The van der Waals surface area contributed by atoms with Crippen LogP contribution in [0.1, 0.15) is 100 Å². The predicted molar refractivity (Wildman–Crippen MR) is 242 cm³/mol. The average molecular weight is 837 g/mol. The van der Waals surface area contributed by atoms with Crippen LogP contribution >= 0.6 is 0 Å². The summed E-state index contributed by atoms with van der Waals surface area (Å²) in [4.78, 5) is 29.4. The lowest BCUT2D eigenvalue weighted by atomic mass is 9.75. The first-order valence-corrected chi connectivity index (χ1v) is 22.2. The Bertz CT molecular complexity index is 2240. The Morgan fingerprint density at radius 2 is 1.45 bits per heavy atom. The maximum atomic E-state index is 13.9. The molecule has 8 rings (SSSR count). The van der Waals surface area contributed by atoms with E-state index in [4.69, 9.17) is 14.2 Å². The number of anilines is 1. The summed E-state index contributed by atoms with van der Waals surface area (Å²) in [5, 5.41) is 19.0. The van der Waals surface area contributed by atoms with Crippen molar-refractivity contribution in [3.05, 3.63) is 150 Å². The maximum absolute atomic E-state index is 13.9. The highest BCUT2D eigenvalue weighted by molar-refractivity contribution is 5.89. The van der Waals surface area contributed by atoms with E-state index in [0.29, 0.717) is 42.9 Å². The van der Waals surface area contributed by atoms with Crippen molar-refractivity contribution in [1.82, 2.24) is 15.5 Å². The number of nitrogens with one attached hydrogen (secondary N) is 3. The molecule has 2 heterocycles. The number of carbonyl (C=O) groups excluding carboxylic acids is 2. The molecule has 5 aromatic rings. The van der Waals surface area contributed by atoms with E-state index in [1.807, 2.05) is 118 Å². The number of carbonyl (C=O) groups is 2. The number of benzene rings is 5. The molecule has 1 saturated carbocycles. The molecule has 3 aliphatic rings. The number of fused-ring (bicyclic) bond motifs is 1. The molecule has 3 fully saturated rings. The third-order valence-corrected chi connectivity index (χ3v) is 12.4. The number of rotatable bonds is 12. The highest BCUT2D eigenvalue weighted by atomic mass is 16.7. The van der Waals surface area contributed by atoms with E-state index in [9.17, 15) is 14.7 Å². The maximum Gasteiger partial charge on any atom is 0.319 e. The summed E-state index contributed by atoms with van der Waals surface area (Å²) in [6.07, 6.45) is 6.29. The number of aliphatic hydroxyl groups is 1. The average Bonchev–Trinajstić information content (AvgIpc) is 3.29. The van der Waals surface area contributed by atoms with Crippen LogP contribution in [0.5, 0.6) is 11.5 Å². The van der Waals surface area contributed by atoms with Gasteiger partial charge in [-0.05, 0) is 117 Å². The standard InChI is InChI=1S/C52H60N4O6/c1-52(2,3)55-49(58)47-30-25-37-11-8-10-16-46(37)56(47)33-44-31-48(38-19-17-35(34-57)18-20-38)62-50(61-44)39-23-21-36(22-24-39)45-15-9-7-12-40(45)32-53-51(59)54-41-26-28-43(29-27-41)60-42-13-5-4-6-14-42/h4-7,9,12-15,17-24,26-29,37,44,46-48,50,57H,8,10-11,16,25,30-34H2,1-3H3,(H,55,58)(H2,53,54,59). The zero-order valence-electron chi connectivity index (χ0n) is 36.1. The molecule has 6 unspecified atom stereocenters. The van der Waals surface area contributed by atoms with E-state index in [2.05, 4.69) is 51.2 Å². The van der Waals surface area contributed by atoms with E-state index in [-0.39, 0.29) is 42.3 Å². The molecule has 2 saturated heterocycles. The molecular formula is C52H60N4O6. The summed E-state index contributed by atoms with van der Waals surface area (Å²) in [5.74, 6) is 2.13. The lowest BCUT2D eigenvalue weighted by Gasteiger charge is -2.50. The van der Waals surface area contributed by atoms with Crippen LogP contribution in [0.2, 0.25) is 0 Å². The molecule has 10 heteroatoms. The van der Waals surface area contributed by atoms with Crippen LogP contribution in [0.15, 0.2) is 127 Å². The lowest BCUT2D eigenvalue weighted by Crippen LogP contribution is -2.61. The highest BCUT2D eigenvalue weighted by Crippen LogP contribution is 2.42. The van der Waals surface area contributed by atoms with Crippen molar-refractivity contribution in [3.63, 3.8) is 0 Å². The molecule has 0 radical (unpaired) electrons. The van der Waals surface area contributed by atoms with Gasteiger partial charge in [-0.25, -0.2) is 4.79 Å². The van der Waals surface area contributed by atoms with Gasteiger partial charge < -0.3 is 35.3 Å². The van der Waals surface area contributed by atoms with E-state index >= 15 is 0 Å². The number of para-hydroxylation sites is 1. The fourth-order valence-corrected chi connectivity index (χ4v) is 9.35. The van der Waals surface area contributed by atoms with E-state index in [1.165, 1.54) is 19.3 Å². The van der Waals surface area contributed by atoms with Crippen molar-refractivity contribution in [2.24, 2.45) is 5.92 Å². The number of hydrogen-bond acceptors (Lipinski definition) is 7. The summed E-state index contributed by atoms with van der Waals surface area (Å²) >= 11 is 0. The van der Waals surface area contributed by atoms with Crippen molar-refractivity contribution in [1.29, 1.82) is 0 Å². The molecule has 62 heavy (non-hydrogen) atoms. The Morgan fingerprint density at radius 3 is 2.19 bits per heavy atom. The molecule has 5 aromatic carbocycles. The van der Waals surface area contributed by atoms with Crippen LogP contribution in [0.4, 0.5) is 10.5 Å². The fourth-order valence-electron chi connectivity index (χ4n) is 9.35. The number of amides is 3. The predicted octanol–water partition coefficient (Wildman–Crippen LogP) is 10.4. The zero-order chi connectivity index (χ0) is 43.1. The quantitative estimate of drug-likeness (QED) is 0.0987. The molecule has 4 N–H and O–H groups in total. The van der Waals surface area contributed by atoms with Crippen LogP contribution in [-0.4, -0.2) is 52.2 Å². The van der Waals surface area contributed by atoms with Crippen LogP contribution in [0.25, 0.3) is 11.1 Å². The summed E-state index contributed by atoms with van der Waals surface area (Å²) in [7, 11) is 0. The molecule has 6 atom stereocenters. The smallest absolute Gasteiger partial charge is 0.319 e. The fraction of sp³-hybridized carbons (Fsp3) is 0.385. The topological polar surface area (TPSA) is 121 Å². The first kappa shape index (κ1) is 43.1. The molecule has 1 aliphatic carbocycles. The van der Waals surface area contributed by atoms with Crippen molar-refractivity contribution in [2.45, 2.75) is 115 Å². The number of urea groups is 1. The molecular weight excluding hydrogens is 777 g/mol. The van der Waals surface area contributed by atoms with Gasteiger partial charge in [-0.15, -0.1) is 0 Å². The van der Waals surface area contributed by atoms with Gasteiger partial charge in [-0.3, -0.25) is 9.69 Å². The number of aliphatic hydroxyl groups excluding tert-OH is 1. The van der Waals surface area contributed by atoms with Gasteiger partial charge in [0.05, 0.1) is 24.9 Å². The molecule has 0 aromatic heterocycles. The second-order valence-corrected chi connectivity index (χ2v) is 18.0. The molecule has 0 spiro atoms. The summed E-state index contributed by atoms with van der Waals surface area (Å²) in [6, 6.07) is 41.0. The minimum Gasteiger partial charge on any atom is -0.457 e. The van der Waals surface area contributed by atoms with Crippen molar-refractivity contribution >= 4 is 17.6 Å². The minimum absolute atomic E-state index is 0.0189. The highest BCUT2D eigenvalue weighted by Gasteiger charge is 2.44. The number of hydrogen-bond donors (Lipinski definition) is 4. The molecule has 324 valence electrons. The monoisotopic (exact) mass is 836 g/mol. The summed E-state index contributed by atoms with van der Waals surface area (Å²) in [6.45, 7) is 7.10. The number of piperidine rings is 1. The normalized spacial score (nSPS) is 22.8. The Kier molecular flexibility index (Phi) is 13.7. The van der Waals surface area contributed by atoms with Crippen molar-refractivity contribution in [2.75, 3.05) is 11.9 Å². The molecule has 3 amide bonds. The first-order valence-electron chi connectivity index (χ1n) is 22.2. The van der Waals surface area contributed by atoms with Gasteiger partial charge in [-0.2, -0.15) is 0 Å². The van der Waals surface area contributed by atoms with Gasteiger partial charge in [-0.1, -0.05) is 104 Å². The second kappa shape index (κ2) is 19.7. The van der Waals surface area contributed by atoms with Crippen molar-refractivity contribution in [3.8, 4) is 22.6 Å². The Morgan fingerprint density at radius 1 is 0.758 bits per heavy atom. The van der Waals surface area contributed by atoms with Gasteiger partial charge in [0.1, 0.15) is 11.5 Å². The molecule has 2 aliphatic heterocycles. The van der Waals surface area contributed by atoms with Crippen LogP contribution in [0.3, 0.4) is 0 Å². The molecule has 10 nitrogen and oxygen atoms in total. The Labute approximate surface area is 366 Å². The second-order valence-electron chi connectivity index (χ2n) is 18.0. The summed E-state index contributed by atoms with van der Waals surface area (Å²) in [5.41, 5.74) is 6.13. The van der Waals surface area contributed by atoms with Gasteiger partial charge in [0.25, 0.3) is 0 Å². The lowest BCUT2D eigenvalue weighted by molar-refractivity contribution is -0.255. The largest absolute Gasteiger partial charge is 0.457 e. The SMILES string of the molecule is CC(C)(C)NC(=O)C1CCC2CCCCC2N1CC1CC(c2ccc(CO)cc2)OC(c2ccc(-c3ccccc3CNC(=O)Nc3ccc(Oc4ccccc4)cc3)cc2)O1. The molecule has 0 bridgehead atoms. The summed E-state index contributed by atoms with van der Waals surface area (Å²) < 4.78 is 19.5. The van der Waals surface area contributed by atoms with Crippen LogP contribution in [0, 0.1) is 5.92 Å².